The summed E-state index contributed by atoms with van der Waals surface area (Å²) < 4.78 is 5.60. The lowest BCUT2D eigenvalue weighted by atomic mass is 10.2. The quantitative estimate of drug-likeness (QED) is 0.676. The SMILES string of the molecule is C=CCN(CC=C)C(=O)CNCc1ccc(OC(C)C)cc1. The Hall–Kier alpha value is -2.07. The molecule has 1 rings (SSSR count). The smallest absolute Gasteiger partial charge is 0.237 e. The van der Waals surface area contributed by atoms with Crippen molar-refractivity contribution in [1.82, 2.24) is 10.2 Å². The number of nitrogens with zero attached hydrogens (tertiary/aromatic N) is 1. The predicted molar refractivity (Wildman–Crippen MR) is 90.9 cm³/mol. The van der Waals surface area contributed by atoms with E-state index in [4.69, 9.17) is 4.74 Å². The molecule has 120 valence electrons. The Morgan fingerprint density at radius 2 is 1.82 bits per heavy atom. The summed E-state index contributed by atoms with van der Waals surface area (Å²) in [5.74, 6) is 0.900. The lowest BCUT2D eigenvalue weighted by Gasteiger charge is -2.19. The van der Waals surface area contributed by atoms with Crippen LogP contribution in [0.2, 0.25) is 0 Å². The molecule has 0 aliphatic carbocycles. The molecule has 1 aromatic rings. The third-order valence-corrected chi connectivity index (χ3v) is 2.95. The van der Waals surface area contributed by atoms with Gasteiger partial charge in [-0.05, 0) is 31.5 Å². The summed E-state index contributed by atoms with van der Waals surface area (Å²) in [7, 11) is 0. The molecular formula is C18H26N2O2. The van der Waals surface area contributed by atoms with Crippen LogP contribution in [0.3, 0.4) is 0 Å². The van der Waals surface area contributed by atoms with Crippen molar-refractivity contribution in [2.24, 2.45) is 0 Å². The number of carbonyl (C=O) groups excluding carboxylic acids is 1. The number of ether oxygens (including phenoxy) is 1. The van der Waals surface area contributed by atoms with Crippen LogP contribution in [0, 0.1) is 0 Å². The van der Waals surface area contributed by atoms with Gasteiger partial charge in [-0.15, -0.1) is 13.2 Å². The van der Waals surface area contributed by atoms with Gasteiger partial charge < -0.3 is 15.0 Å². The summed E-state index contributed by atoms with van der Waals surface area (Å²) in [6.07, 6.45) is 3.60. The molecule has 0 fully saturated rings. The van der Waals surface area contributed by atoms with Crippen molar-refractivity contribution < 1.29 is 9.53 Å². The van der Waals surface area contributed by atoms with Crippen molar-refractivity contribution in [3.63, 3.8) is 0 Å². The standard InChI is InChI=1S/C18H26N2O2/c1-5-11-20(12-6-2)18(21)14-19-13-16-7-9-17(10-8-16)22-15(3)4/h5-10,15,19H,1-2,11-14H2,3-4H3. The van der Waals surface area contributed by atoms with E-state index < -0.39 is 0 Å². The van der Waals surface area contributed by atoms with Crippen LogP contribution in [0.25, 0.3) is 0 Å². The number of amides is 1. The van der Waals surface area contributed by atoms with Crippen LogP contribution >= 0.6 is 0 Å². The molecule has 0 unspecified atom stereocenters. The molecule has 0 aromatic heterocycles. The van der Waals surface area contributed by atoms with Crippen molar-refractivity contribution in [3.8, 4) is 5.75 Å². The first kappa shape index (κ1) is 18.0. The Kier molecular flexibility index (Phi) is 8.00. The maximum Gasteiger partial charge on any atom is 0.237 e. The zero-order valence-corrected chi connectivity index (χ0v) is 13.5. The highest BCUT2D eigenvalue weighted by molar-refractivity contribution is 5.78. The molecular weight excluding hydrogens is 276 g/mol. The fourth-order valence-electron chi connectivity index (χ4n) is 1.97. The van der Waals surface area contributed by atoms with Crippen molar-refractivity contribution >= 4 is 5.91 Å². The van der Waals surface area contributed by atoms with Crippen LogP contribution < -0.4 is 10.1 Å². The number of benzene rings is 1. The van der Waals surface area contributed by atoms with Gasteiger partial charge in [0.2, 0.25) is 5.91 Å². The molecule has 22 heavy (non-hydrogen) atoms. The van der Waals surface area contributed by atoms with Crippen LogP contribution in [-0.4, -0.2) is 36.5 Å². The molecule has 0 atom stereocenters. The Morgan fingerprint density at radius 1 is 1.23 bits per heavy atom. The monoisotopic (exact) mass is 302 g/mol. The van der Waals surface area contributed by atoms with E-state index in [0.29, 0.717) is 26.2 Å². The second-order valence-electron chi connectivity index (χ2n) is 5.29. The number of nitrogens with one attached hydrogen (secondary N) is 1. The molecule has 4 heteroatoms. The molecule has 4 nitrogen and oxygen atoms in total. The Morgan fingerprint density at radius 3 is 2.32 bits per heavy atom. The fraction of sp³-hybridized carbons (Fsp3) is 0.389. The Labute approximate surface area is 133 Å². The van der Waals surface area contributed by atoms with Gasteiger partial charge in [0.25, 0.3) is 0 Å². The molecule has 1 amide bonds. The van der Waals surface area contributed by atoms with E-state index in [1.54, 1.807) is 17.1 Å². The zero-order valence-electron chi connectivity index (χ0n) is 13.5. The molecule has 1 aromatic carbocycles. The molecule has 1 N–H and O–H groups in total. The molecule has 0 aliphatic heterocycles. The Bertz CT molecular complexity index is 470. The molecule has 0 spiro atoms. The summed E-state index contributed by atoms with van der Waals surface area (Å²) in [6.45, 7) is 13.3. The summed E-state index contributed by atoms with van der Waals surface area (Å²) in [4.78, 5) is 13.7. The maximum absolute atomic E-state index is 12.0. The van der Waals surface area contributed by atoms with Gasteiger partial charge >= 0.3 is 0 Å². The highest BCUT2D eigenvalue weighted by atomic mass is 16.5. The molecule has 0 saturated heterocycles. The van der Waals surface area contributed by atoms with Crippen LogP contribution in [0.1, 0.15) is 19.4 Å². The number of carbonyl (C=O) groups is 1. The van der Waals surface area contributed by atoms with Gasteiger partial charge in [-0.2, -0.15) is 0 Å². The van der Waals surface area contributed by atoms with Gasteiger partial charge in [0.05, 0.1) is 12.6 Å². The van der Waals surface area contributed by atoms with Crippen molar-refractivity contribution in [3.05, 3.63) is 55.1 Å². The second kappa shape index (κ2) is 9.79. The molecule has 0 bridgehead atoms. The highest BCUT2D eigenvalue weighted by Crippen LogP contribution is 2.13. The fourth-order valence-corrected chi connectivity index (χ4v) is 1.97. The minimum Gasteiger partial charge on any atom is -0.491 e. The first-order chi connectivity index (χ1) is 10.6. The van der Waals surface area contributed by atoms with E-state index in [1.165, 1.54) is 0 Å². The average Bonchev–Trinajstić information content (AvgIpc) is 2.48. The molecule has 0 radical (unpaired) electrons. The summed E-state index contributed by atoms with van der Waals surface area (Å²) in [6, 6.07) is 7.89. The van der Waals surface area contributed by atoms with E-state index in [9.17, 15) is 4.79 Å². The van der Waals surface area contributed by atoms with Gasteiger partial charge in [-0.3, -0.25) is 4.79 Å². The summed E-state index contributed by atoms with van der Waals surface area (Å²) in [5.41, 5.74) is 1.11. The number of hydrogen-bond donors (Lipinski definition) is 1. The predicted octanol–water partition coefficient (Wildman–Crippen LogP) is 2.76. The van der Waals surface area contributed by atoms with E-state index in [-0.39, 0.29) is 12.0 Å². The molecule has 0 aliphatic rings. The van der Waals surface area contributed by atoms with Crippen LogP contribution in [0.15, 0.2) is 49.6 Å². The van der Waals surface area contributed by atoms with E-state index >= 15 is 0 Å². The van der Waals surface area contributed by atoms with Crippen LogP contribution in [0.4, 0.5) is 0 Å². The first-order valence-electron chi connectivity index (χ1n) is 7.52. The normalized spacial score (nSPS) is 10.3. The van der Waals surface area contributed by atoms with Crippen molar-refractivity contribution in [2.75, 3.05) is 19.6 Å². The Balaban J connectivity index is 2.41. The lowest BCUT2D eigenvalue weighted by Crippen LogP contribution is -2.38. The van der Waals surface area contributed by atoms with E-state index in [0.717, 1.165) is 11.3 Å². The topological polar surface area (TPSA) is 41.6 Å². The van der Waals surface area contributed by atoms with Crippen LogP contribution in [0.5, 0.6) is 5.75 Å². The van der Waals surface area contributed by atoms with Gasteiger partial charge in [0.1, 0.15) is 5.75 Å². The van der Waals surface area contributed by atoms with Crippen molar-refractivity contribution in [2.45, 2.75) is 26.5 Å². The lowest BCUT2D eigenvalue weighted by molar-refractivity contribution is -0.129. The third-order valence-electron chi connectivity index (χ3n) is 2.95. The number of rotatable bonds is 10. The summed E-state index contributed by atoms with van der Waals surface area (Å²) >= 11 is 0. The second-order valence-corrected chi connectivity index (χ2v) is 5.29. The molecule has 0 heterocycles. The molecule has 0 saturated carbocycles. The largest absolute Gasteiger partial charge is 0.491 e. The van der Waals surface area contributed by atoms with Crippen LogP contribution in [-0.2, 0) is 11.3 Å². The van der Waals surface area contributed by atoms with Gasteiger partial charge in [-0.25, -0.2) is 0 Å². The summed E-state index contributed by atoms with van der Waals surface area (Å²) in [5, 5.41) is 3.16. The van der Waals surface area contributed by atoms with Gasteiger partial charge in [-0.1, -0.05) is 24.3 Å². The minimum absolute atomic E-state index is 0.0413. The van der Waals surface area contributed by atoms with E-state index in [1.807, 2.05) is 38.1 Å². The first-order valence-corrected chi connectivity index (χ1v) is 7.52. The third kappa shape index (κ3) is 6.59. The average molecular weight is 302 g/mol. The van der Waals surface area contributed by atoms with Gasteiger partial charge in [0, 0.05) is 19.6 Å². The minimum atomic E-state index is 0.0413. The van der Waals surface area contributed by atoms with E-state index in [2.05, 4.69) is 18.5 Å². The zero-order chi connectivity index (χ0) is 16.4. The highest BCUT2D eigenvalue weighted by Gasteiger charge is 2.09. The van der Waals surface area contributed by atoms with Gasteiger partial charge in [0.15, 0.2) is 0 Å². The maximum atomic E-state index is 12.0. The number of hydrogen-bond acceptors (Lipinski definition) is 3. The van der Waals surface area contributed by atoms with Crippen molar-refractivity contribution in [1.29, 1.82) is 0 Å².